The SMILES string of the molecule is Cc1cccc(-c2nc(=S)n(C)[nH]2)c1C. The van der Waals surface area contributed by atoms with E-state index in [1.807, 2.05) is 13.1 Å². The summed E-state index contributed by atoms with van der Waals surface area (Å²) in [6, 6.07) is 6.18. The van der Waals surface area contributed by atoms with E-state index in [1.165, 1.54) is 11.1 Å². The van der Waals surface area contributed by atoms with E-state index in [1.54, 1.807) is 4.68 Å². The Morgan fingerprint density at radius 2 is 2.07 bits per heavy atom. The zero-order valence-corrected chi connectivity index (χ0v) is 9.85. The van der Waals surface area contributed by atoms with Gasteiger partial charge in [-0.05, 0) is 37.2 Å². The third-order valence-electron chi connectivity index (χ3n) is 2.63. The van der Waals surface area contributed by atoms with Crippen molar-refractivity contribution in [2.24, 2.45) is 7.05 Å². The van der Waals surface area contributed by atoms with E-state index in [0.29, 0.717) is 4.77 Å². The maximum Gasteiger partial charge on any atom is 0.216 e. The Morgan fingerprint density at radius 3 is 2.67 bits per heavy atom. The lowest BCUT2D eigenvalue weighted by Gasteiger charge is -2.04. The summed E-state index contributed by atoms with van der Waals surface area (Å²) < 4.78 is 2.32. The van der Waals surface area contributed by atoms with Crippen molar-refractivity contribution in [3.8, 4) is 11.4 Å². The molecule has 0 aliphatic rings. The van der Waals surface area contributed by atoms with E-state index in [0.717, 1.165) is 11.4 Å². The Bertz CT molecular complexity index is 551. The van der Waals surface area contributed by atoms with Gasteiger partial charge in [0.05, 0.1) is 0 Å². The zero-order valence-electron chi connectivity index (χ0n) is 9.03. The van der Waals surface area contributed by atoms with Crippen LogP contribution in [0.25, 0.3) is 11.4 Å². The van der Waals surface area contributed by atoms with E-state index in [2.05, 4.69) is 36.1 Å². The molecule has 0 atom stereocenters. The first-order chi connectivity index (χ1) is 7.09. The van der Waals surface area contributed by atoms with Crippen molar-refractivity contribution in [3.63, 3.8) is 0 Å². The Labute approximate surface area is 93.8 Å². The highest BCUT2D eigenvalue weighted by Gasteiger charge is 2.07. The molecule has 15 heavy (non-hydrogen) atoms. The van der Waals surface area contributed by atoms with Crippen LogP contribution in [0.2, 0.25) is 0 Å². The topological polar surface area (TPSA) is 33.6 Å². The molecule has 0 saturated carbocycles. The van der Waals surface area contributed by atoms with Crippen LogP contribution in [0.1, 0.15) is 11.1 Å². The van der Waals surface area contributed by atoms with Crippen LogP contribution in [0.15, 0.2) is 18.2 Å². The molecule has 2 aromatic rings. The lowest BCUT2D eigenvalue weighted by atomic mass is 10.0. The number of aromatic nitrogens is 3. The number of aryl methyl sites for hydroxylation is 2. The summed E-state index contributed by atoms with van der Waals surface area (Å²) >= 11 is 5.07. The van der Waals surface area contributed by atoms with Crippen molar-refractivity contribution in [1.82, 2.24) is 14.8 Å². The fourth-order valence-corrected chi connectivity index (χ4v) is 1.67. The van der Waals surface area contributed by atoms with Crippen LogP contribution in [-0.4, -0.2) is 14.8 Å². The number of hydrogen-bond donors (Lipinski definition) is 1. The third-order valence-corrected chi connectivity index (χ3v) is 2.99. The van der Waals surface area contributed by atoms with Gasteiger partial charge in [0, 0.05) is 12.6 Å². The first kappa shape index (κ1) is 10.1. The number of H-pyrrole nitrogens is 1. The molecule has 0 amide bonds. The first-order valence-electron chi connectivity index (χ1n) is 4.79. The van der Waals surface area contributed by atoms with Gasteiger partial charge in [0.1, 0.15) is 0 Å². The number of aromatic amines is 1. The molecule has 3 nitrogen and oxygen atoms in total. The normalized spacial score (nSPS) is 10.6. The average molecular weight is 219 g/mol. The van der Waals surface area contributed by atoms with Crippen LogP contribution in [0.5, 0.6) is 0 Å². The van der Waals surface area contributed by atoms with E-state index in [9.17, 15) is 0 Å². The molecule has 78 valence electrons. The number of nitrogens with zero attached hydrogens (tertiary/aromatic N) is 2. The molecule has 0 aliphatic heterocycles. The molecule has 0 spiro atoms. The summed E-state index contributed by atoms with van der Waals surface area (Å²) in [4.78, 5) is 4.30. The van der Waals surface area contributed by atoms with Crippen LogP contribution in [0, 0.1) is 18.6 Å². The van der Waals surface area contributed by atoms with Gasteiger partial charge in [-0.15, -0.1) is 0 Å². The number of benzene rings is 1. The molecular formula is C11H13N3S. The van der Waals surface area contributed by atoms with Gasteiger partial charge in [-0.3, -0.25) is 9.78 Å². The summed E-state index contributed by atoms with van der Waals surface area (Å²) in [6.45, 7) is 4.19. The van der Waals surface area contributed by atoms with Gasteiger partial charge in [-0.1, -0.05) is 18.2 Å². The van der Waals surface area contributed by atoms with E-state index < -0.39 is 0 Å². The fraction of sp³-hybridized carbons (Fsp3) is 0.273. The van der Waals surface area contributed by atoms with Crippen LogP contribution < -0.4 is 0 Å². The highest BCUT2D eigenvalue weighted by atomic mass is 32.1. The molecule has 0 fully saturated rings. The van der Waals surface area contributed by atoms with Crippen molar-refractivity contribution < 1.29 is 0 Å². The second kappa shape index (κ2) is 3.62. The minimum Gasteiger partial charge on any atom is -0.279 e. The lowest BCUT2D eigenvalue weighted by molar-refractivity contribution is 0.756. The first-order valence-corrected chi connectivity index (χ1v) is 5.20. The van der Waals surface area contributed by atoms with E-state index in [-0.39, 0.29) is 0 Å². The third kappa shape index (κ3) is 1.72. The largest absolute Gasteiger partial charge is 0.279 e. The van der Waals surface area contributed by atoms with Crippen molar-refractivity contribution in [2.75, 3.05) is 0 Å². The second-order valence-electron chi connectivity index (χ2n) is 3.66. The molecular weight excluding hydrogens is 206 g/mol. The quantitative estimate of drug-likeness (QED) is 0.748. The molecule has 0 radical (unpaired) electrons. The maximum atomic E-state index is 5.07. The molecule has 1 N–H and O–H groups in total. The van der Waals surface area contributed by atoms with Crippen LogP contribution in [0.3, 0.4) is 0 Å². The van der Waals surface area contributed by atoms with Crippen molar-refractivity contribution in [2.45, 2.75) is 13.8 Å². The van der Waals surface area contributed by atoms with Crippen LogP contribution >= 0.6 is 12.2 Å². The summed E-state index contributed by atoms with van der Waals surface area (Å²) in [5.74, 6) is 0.837. The van der Waals surface area contributed by atoms with Gasteiger partial charge in [0.2, 0.25) is 4.77 Å². The van der Waals surface area contributed by atoms with E-state index >= 15 is 0 Å². The molecule has 1 aromatic carbocycles. The monoisotopic (exact) mass is 219 g/mol. The van der Waals surface area contributed by atoms with Crippen LogP contribution in [-0.2, 0) is 7.05 Å². The van der Waals surface area contributed by atoms with Gasteiger partial charge in [0.15, 0.2) is 5.82 Å². The molecule has 1 aromatic heterocycles. The number of nitrogens with one attached hydrogen (secondary N) is 1. The Balaban J connectivity index is 2.64. The van der Waals surface area contributed by atoms with Gasteiger partial charge in [-0.2, -0.15) is 4.98 Å². The van der Waals surface area contributed by atoms with Crippen molar-refractivity contribution in [1.29, 1.82) is 0 Å². The standard InChI is InChI=1S/C11H13N3S/c1-7-5-4-6-9(8(7)2)10-12-11(15)14(3)13-10/h4-6H,1-3H3,(H,12,13,15). The summed E-state index contributed by atoms with van der Waals surface area (Å²) in [7, 11) is 1.87. The van der Waals surface area contributed by atoms with Crippen molar-refractivity contribution in [3.05, 3.63) is 34.1 Å². The van der Waals surface area contributed by atoms with Gasteiger partial charge in [0.25, 0.3) is 0 Å². The predicted molar refractivity (Wildman–Crippen MR) is 63.3 cm³/mol. The van der Waals surface area contributed by atoms with Gasteiger partial charge in [-0.25, -0.2) is 0 Å². The number of rotatable bonds is 1. The van der Waals surface area contributed by atoms with Gasteiger partial charge >= 0.3 is 0 Å². The lowest BCUT2D eigenvalue weighted by Crippen LogP contribution is -1.91. The molecule has 0 bridgehead atoms. The highest BCUT2D eigenvalue weighted by Crippen LogP contribution is 2.21. The second-order valence-corrected chi connectivity index (χ2v) is 4.03. The van der Waals surface area contributed by atoms with Crippen molar-refractivity contribution >= 4 is 12.2 Å². The molecule has 0 aliphatic carbocycles. The van der Waals surface area contributed by atoms with Gasteiger partial charge < -0.3 is 0 Å². The molecule has 1 heterocycles. The minimum atomic E-state index is 0.575. The fourth-order valence-electron chi connectivity index (χ4n) is 1.53. The zero-order chi connectivity index (χ0) is 11.0. The summed E-state index contributed by atoms with van der Waals surface area (Å²) in [5, 5.41) is 3.13. The highest BCUT2D eigenvalue weighted by molar-refractivity contribution is 7.71. The molecule has 2 rings (SSSR count). The minimum absolute atomic E-state index is 0.575. The summed E-state index contributed by atoms with van der Waals surface area (Å²) in [6.07, 6.45) is 0. The Kier molecular flexibility index (Phi) is 2.44. The maximum absolute atomic E-state index is 5.07. The Morgan fingerprint density at radius 1 is 1.33 bits per heavy atom. The average Bonchev–Trinajstić information content (AvgIpc) is 2.51. The molecule has 0 saturated heterocycles. The predicted octanol–water partition coefficient (Wildman–Crippen LogP) is 2.76. The van der Waals surface area contributed by atoms with E-state index in [4.69, 9.17) is 12.2 Å². The Hall–Kier alpha value is -1.42. The molecule has 0 unspecified atom stereocenters. The van der Waals surface area contributed by atoms with Crippen LogP contribution in [0.4, 0.5) is 0 Å². The molecule has 4 heteroatoms. The number of hydrogen-bond acceptors (Lipinski definition) is 2. The summed E-state index contributed by atoms with van der Waals surface area (Å²) in [5.41, 5.74) is 3.61. The smallest absolute Gasteiger partial charge is 0.216 e.